The maximum atomic E-state index is 12.0. The van der Waals surface area contributed by atoms with Gasteiger partial charge in [0.25, 0.3) is 0 Å². The summed E-state index contributed by atoms with van der Waals surface area (Å²) in [5, 5.41) is 11.3. The molecule has 1 amide bonds. The average molecular weight is 373 g/mol. The summed E-state index contributed by atoms with van der Waals surface area (Å²) in [6, 6.07) is 6.34. The lowest BCUT2D eigenvalue weighted by Gasteiger charge is -2.40. The van der Waals surface area contributed by atoms with Crippen LogP contribution in [0.2, 0.25) is 0 Å². The fourth-order valence-corrected chi connectivity index (χ4v) is 5.25. The Morgan fingerprint density at radius 1 is 1.31 bits per heavy atom. The molecule has 0 unspecified atom stereocenters. The van der Waals surface area contributed by atoms with Gasteiger partial charge in [0.2, 0.25) is 0 Å². The van der Waals surface area contributed by atoms with Gasteiger partial charge in [-0.3, -0.25) is 4.90 Å². The predicted molar refractivity (Wildman–Crippen MR) is 104 cm³/mol. The summed E-state index contributed by atoms with van der Waals surface area (Å²) < 4.78 is 5.56. The Hall–Kier alpha value is -1.89. The third-order valence-electron chi connectivity index (χ3n) is 5.88. The Kier molecular flexibility index (Phi) is 4.10. The summed E-state index contributed by atoms with van der Waals surface area (Å²) in [5.74, 6) is 0.899. The predicted octanol–water partition coefficient (Wildman–Crippen LogP) is 3.23. The van der Waals surface area contributed by atoms with Crippen molar-refractivity contribution < 1.29 is 14.6 Å². The summed E-state index contributed by atoms with van der Waals surface area (Å²) in [6.07, 6.45) is 1.89. The summed E-state index contributed by atoms with van der Waals surface area (Å²) in [7, 11) is 5.49. The number of rotatable bonds is 2. The summed E-state index contributed by atoms with van der Waals surface area (Å²) in [5.41, 5.74) is 3.81. The molecule has 2 aliphatic rings. The second-order valence-electron chi connectivity index (χ2n) is 7.67. The summed E-state index contributed by atoms with van der Waals surface area (Å²) in [4.78, 5) is 15.9. The van der Waals surface area contributed by atoms with Gasteiger partial charge in [-0.15, -0.1) is 0 Å². The standard InChI is InChI=1S/C20H24N2O3S/c1-12(23)22(2,3)20-8-14-11-21-6-5-13-7-18(25-4)17(24)9-15(13)16(21)10-19(14)26-20/h7-9,16H,5-6,10-11H2,1-4H3/p+1/t16-/m0/s1. The number of ether oxygens (including phenoxy) is 1. The zero-order chi connectivity index (χ0) is 18.6. The van der Waals surface area contributed by atoms with E-state index in [1.54, 1.807) is 25.4 Å². The highest BCUT2D eigenvalue weighted by molar-refractivity contribution is 7.16. The van der Waals surface area contributed by atoms with Gasteiger partial charge < -0.3 is 9.84 Å². The fraction of sp³-hybridized carbons (Fsp3) is 0.450. The highest BCUT2D eigenvalue weighted by Gasteiger charge is 2.36. The molecule has 138 valence electrons. The topological polar surface area (TPSA) is 49.8 Å². The van der Waals surface area contributed by atoms with Crippen LogP contribution >= 0.6 is 11.3 Å². The Morgan fingerprint density at radius 2 is 2.08 bits per heavy atom. The van der Waals surface area contributed by atoms with Gasteiger partial charge in [0.15, 0.2) is 16.5 Å². The number of thiophene rings is 1. The molecule has 0 saturated heterocycles. The molecule has 0 radical (unpaired) electrons. The lowest BCUT2D eigenvalue weighted by Crippen LogP contribution is -2.44. The third-order valence-corrected chi connectivity index (χ3v) is 7.34. The molecule has 4 rings (SSSR count). The van der Waals surface area contributed by atoms with Crippen molar-refractivity contribution in [3.05, 3.63) is 39.8 Å². The molecule has 1 aromatic heterocycles. The van der Waals surface area contributed by atoms with E-state index in [1.165, 1.54) is 21.6 Å². The molecule has 5 nitrogen and oxygen atoms in total. The van der Waals surface area contributed by atoms with Gasteiger partial charge in [-0.2, -0.15) is 0 Å². The lowest BCUT2D eigenvalue weighted by atomic mass is 9.87. The zero-order valence-corrected chi connectivity index (χ0v) is 16.5. The largest absolute Gasteiger partial charge is 0.504 e. The minimum absolute atomic E-state index is 0.142. The Bertz CT molecular complexity index is 887. The summed E-state index contributed by atoms with van der Waals surface area (Å²) >= 11 is 1.75. The molecule has 3 heterocycles. The van der Waals surface area contributed by atoms with Crippen molar-refractivity contribution in [2.45, 2.75) is 32.4 Å². The molecule has 6 heteroatoms. The van der Waals surface area contributed by atoms with E-state index < -0.39 is 0 Å². The van der Waals surface area contributed by atoms with E-state index in [2.05, 4.69) is 11.0 Å². The molecule has 1 N–H and O–H groups in total. The van der Waals surface area contributed by atoms with Crippen LogP contribution in [0.1, 0.15) is 34.5 Å². The number of quaternary nitrogens is 1. The first-order chi connectivity index (χ1) is 12.3. The number of carbonyl (C=O) groups excluding carboxylic acids is 1. The molecule has 0 fully saturated rings. The van der Waals surface area contributed by atoms with Crippen LogP contribution in [-0.4, -0.2) is 43.7 Å². The first kappa shape index (κ1) is 17.5. The molecule has 26 heavy (non-hydrogen) atoms. The Morgan fingerprint density at radius 3 is 2.77 bits per heavy atom. The smallest absolute Gasteiger partial charge is 0.315 e. The van der Waals surface area contributed by atoms with Crippen molar-refractivity contribution in [1.82, 2.24) is 9.38 Å². The number of amides is 1. The van der Waals surface area contributed by atoms with Crippen LogP contribution in [0.5, 0.6) is 11.5 Å². The number of phenolic OH excluding ortho intramolecular Hbond substituents is 1. The van der Waals surface area contributed by atoms with Crippen molar-refractivity contribution in [2.75, 3.05) is 27.7 Å². The van der Waals surface area contributed by atoms with Crippen LogP contribution in [0.15, 0.2) is 18.2 Å². The molecule has 0 aliphatic carbocycles. The van der Waals surface area contributed by atoms with E-state index in [4.69, 9.17) is 4.74 Å². The van der Waals surface area contributed by atoms with Crippen LogP contribution in [0.25, 0.3) is 0 Å². The normalized spacial score (nSPS) is 19.5. The highest BCUT2D eigenvalue weighted by atomic mass is 32.1. The van der Waals surface area contributed by atoms with Gasteiger partial charge in [0.1, 0.15) is 0 Å². The monoisotopic (exact) mass is 373 g/mol. The van der Waals surface area contributed by atoms with Crippen LogP contribution in [-0.2, 0) is 24.2 Å². The second kappa shape index (κ2) is 6.08. The van der Waals surface area contributed by atoms with Gasteiger partial charge in [-0.1, -0.05) is 11.3 Å². The summed E-state index contributed by atoms with van der Waals surface area (Å²) in [6.45, 7) is 3.55. The van der Waals surface area contributed by atoms with E-state index in [1.807, 2.05) is 26.2 Å². The fourth-order valence-electron chi connectivity index (χ4n) is 3.94. The number of benzene rings is 1. The molecule has 2 aromatic rings. The highest BCUT2D eigenvalue weighted by Crippen LogP contribution is 2.45. The van der Waals surface area contributed by atoms with Crippen molar-refractivity contribution in [3.63, 3.8) is 0 Å². The van der Waals surface area contributed by atoms with Crippen LogP contribution in [0.3, 0.4) is 0 Å². The number of nitrogens with zero attached hydrogens (tertiary/aromatic N) is 2. The minimum atomic E-state index is 0.142. The van der Waals surface area contributed by atoms with Gasteiger partial charge >= 0.3 is 5.91 Å². The van der Waals surface area contributed by atoms with Crippen molar-refractivity contribution in [1.29, 1.82) is 0 Å². The number of fused-ring (bicyclic) bond motifs is 4. The quantitative estimate of drug-likeness (QED) is 0.821. The van der Waals surface area contributed by atoms with Gasteiger partial charge in [-0.05, 0) is 35.2 Å². The molecule has 2 aliphatic heterocycles. The number of hydrogen-bond donors (Lipinski definition) is 1. The lowest BCUT2D eigenvalue weighted by molar-refractivity contribution is -0.125. The maximum absolute atomic E-state index is 12.0. The molecular formula is C20H25N2O3S+. The number of carbonyl (C=O) groups is 1. The van der Waals surface area contributed by atoms with E-state index in [0.717, 1.165) is 30.9 Å². The van der Waals surface area contributed by atoms with E-state index >= 15 is 0 Å². The minimum Gasteiger partial charge on any atom is -0.504 e. The van der Waals surface area contributed by atoms with Gasteiger partial charge in [0, 0.05) is 36.5 Å². The number of phenols is 1. The van der Waals surface area contributed by atoms with Gasteiger partial charge in [-0.25, -0.2) is 9.28 Å². The Balaban J connectivity index is 1.71. The number of methoxy groups -OCH3 is 1. The molecule has 1 aromatic carbocycles. The number of aromatic hydroxyl groups is 1. The molecular weight excluding hydrogens is 348 g/mol. The molecule has 0 spiro atoms. The Labute approximate surface area is 158 Å². The van der Waals surface area contributed by atoms with Crippen molar-refractivity contribution in [2.24, 2.45) is 0 Å². The van der Waals surface area contributed by atoms with E-state index in [9.17, 15) is 9.90 Å². The zero-order valence-electron chi connectivity index (χ0n) is 15.7. The van der Waals surface area contributed by atoms with Crippen LogP contribution < -0.4 is 9.22 Å². The van der Waals surface area contributed by atoms with Crippen molar-refractivity contribution >= 4 is 22.2 Å². The third kappa shape index (κ3) is 2.64. The second-order valence-corrected chi connectivity index (χ2v) is 8.78. The molecule has 0 saturated carbocycles. The first-order valence-corrected chi connectivity index (χ1v) is 9.74. The first-order valence-electron chi connectivity index (χ1n) is 8.92. The van der Waals surface area contributed by atoms with Gasteiger partial charge in [0.05, 0.1) is 28.1 Å². The van der Waals surface area contributed by atoms with E-state index in [0.29, 0.717) is 5.75 Å². The SMILES string of the molecule is COc1cc2c(cc1O)[C@@H]1Cc3sc([N+](C)(C)C(C)=O)cc3CN1CC2. The maximum Gasteiger partial charge on any atom is 0.315 e. The molecule has 0 bridgehead atoms. The molecule has 1 atom stereocenters. The van der Waals surface area contributed by atoms with Crippen LogP contribution in [0.4, 0.5) is 5.00 Å². The van der Waals surface area contributed by atoms with Crippen LogP contribution in [0, 0.1) is 0 Å². The average Bonchev–Trinajstić information content (AvgIpc) is 3.03. The van der Waals surface area contributed by atoms with E-state index in [-0.39, 0.29) is 22.2 Å². The number of hydrogen-bond acceptors (Lipinski definition) is 5. The van der Waals surface area contributed by atoms with Crippen molar-refractivity contribution in [3.8, 4) is 11.5 Å².